The van der Waals surface area contributed by atoms with Gasteiger partial charge in [-0.1, -0.05) is 0 Å². The van der Waals surface area contributed by atoms with Gasteiger partial charge in [0.25, 0.3) is 0 Å². The summed E-state index contributed by atoms with van der Waals surface area (Å²) in [5, 5.41) is 8.92. The zero-order chi connectivity index (χ0) is 11.5. The van der Waals surface area contributed by atoms with E-state index in [0.717, 1.165) is 25.7 Å². The average Bonchev–Trinajstić information content (AvgIpc) is 3.10. The van der Waals surface area contributed by atoms with Crippen molar-refractivity contribution in [1.82, 2.24) is 4.90 Å². The maximum atomic E-state index is 10.8. The fraction of sp³-hybridized carbons (Fsp3) is 0.917. The van der Waals surface area contributed by atoms with Crippen molar-refractivity contribution >= 4 is 5.97 Å². The number of aliphatic carboxylic acids is 1. The van der Waals surface area contributed by atoms with Gasteiger partial charge in [-0.3, -0.25) is 9.69 Å². The molecule has 0 unspecified atom stereocenters. The standard InChI is InChI=1S/C12H21NO3/c1-16-11-6-4-10(5-7-11)13(8-12(14)15)9-2-3-9/h9-11H,2-8H2,1H3,(H,14,15). The van der Waals surface area contributed by atoms with Crippen LogP contribution in [0.4, 0.5) is 0 Å². The van der Waals surface area contributed by atoms with Crippen LogP contribution in [-0.2, 0) is 9.53 Å². The summed E-state index contributed by atoms with van der Waals surface area (Å²) in [6.45, 7) is 0.215. The van der Waals surface area contributed by atoms with Crippen LogP contribution in [0, 0.1) is 0 Å². The molecule has 4 nitrogen and oxygen atoms in total. The van der Waals surface area contributed by atoms with Crippen LogP contribution in [0.1, 0.15) is 38.5 Å². The molecule has 0 saturated heterocycles. The largest absolute Gasteiger partial charge is 0.480 e. The van der Waals surface area contributed by atoms with Gasteiger partial charge in [0.15, 0.2) is 0 Å². The summed E-state index contributed by atoms with van der Waals surface area (Å²) < 4.78 is 5.34. The van der Waals surface area contributed by atoms with Crippen molar-refractivity contribution in [1.29, 1.82) is 0 Å². The first kappa shape index (κ1) is 11.9. The van der Waals surface area contributed by atoms with Gasteiger partial charge in [-0.15, -0.1) is 0 Å². The summed E-state index contributed by atoms with van der Waals surface area (Å²) in [6.07, 6.45) is 7.07. The Morgan fingerprint density at radius 2 is 1.69 bits per heavy atom. The lowest BCUT2D eigenvalue weighted by atomic mass is 9.91. The number of carbonyl (C=O) groups is 1. The number of carboxylic acid groups (broad SMARTS) is 1. The number of methoxy groups -OCH3 is 1. The molecule has 0 heterocycles. The number of rotatable bonds is 5. The minimum Gasteiger partial charge on any atom is -0.480 e. The first-order valence-corrected chi connectivity index (χ1v) is 6.21. The second-order valence-corrected chi connectivity index (χ2v) is 4.96. The molecule has 1 N–H and O–H groups in total. The minimum absolute atomic E-state index is 0.215. The van der Waals surface area contributed by atoms with Gasteiger partial charge < -0.3 is 9.84 Å². The fourth-order valence-electron chi connectivity index (χ4n) is 2.73. The van der Waals surface area contributed by atoms with Crippen molar-refractivity contribution < 1.29 is 14.6 Å². The number of hydrogen-bond donors (Lipinski definition) is 1. The molecule has 0 atom stereocenters. The summed E-state index contributed by atoms with van der Waals surface area (Å²) in [4.78, 5) is 13.0. The summed E-state index contributed by atoms with van der Waals surface area (Å²) in [6, 6.07) is 1.01. The van der Waals surface area contributed by atoms with Gasteiger partial charge in [-0.2, -0.15) is 0 Å². The van der Waals surface area contributed by atoms with Crippen LogP contribution >= 0.6 is 0 Å². The molecular formula is C12H21NO3. The minimum atomic E-state index is -0.694. The second-order valence-electron chi connectivity index (χ2n) is 4.96. The molecule has 2 saturated carbocycles. The number of nitrogens with zero attached hydrogens (tertiary/aromatic N) is 1. The van der Waals surface area contributed by atoms with Crippen LogP contribution in [0.25, 0.3) is 0 Å². The molecule has 0 amide bonds. The van der Waals surface area contributed by atoms with E-state index in [1.54, 1.807) is 7.11 Å². The van der Waals surface area contributed by atoms with Crippen LogP contribution in [0.2, 0.25) is 0 Å². The van der Waals surface area contributed by atoms with Crippen molar-refractivity contribution in [2.45, 2.75) is 56.7 Å². The van der Waals surface area contributed by atoms with Crippen molar-refractivity contribution in [3.8, 4) is 0 Å². The molecular weight excluding hydrogens is 206 g/mol. The molecule has 2 aliphatic carbocycles. The fourth-order valence-corrected chi connectivity index (χ4v) is 2.73. The summed E-state index contributed by atoms with van der Waals surface area (Å²) in [5.74, 6) is -0.694. The monoisotopic (exact) mass is 227 g/mol. The molecule has 0 spiro atoms. The quantitative estimate of drug-likeness (QED) is 0.773. The normalized spacial score (nSPS) is 30.6. The van der Waals surface area contributed by atoms with Crippen LogP contribution in [-0.4, -0.2) is 47.8 Å². The summed E-state index contributed by atoms with van der Waals surface area (Å²) in [7, 11) is 1.76. The third-order valence-corrected chi connectivity index (χ3v) is 3.78. The molecule has 0 radical (unpaired) electrons. The number of hydrogen-bond acceptors (Lipinski definition) is 3. The van der Waals surface area contributed by atoms with E-state index in [2.05, 4.69) is 4.90 Å². The molecule has 4 heteroatoms. The van der Waals surface area contributed by atoms with Gasteiger partial charge >= 0.3 is 5.97 Å². The smallest absolute Gasteiger partial charge is 0.317 e. The molecule has 2 rings (SSSR count). The predicted molar refractivity (Wildman–Crippen MR) is 60.4 cm³/mol. The van der Waals surface area contributed by atoms with E-state index in [1.807, 2.05) is 0 Å². The van der Waals surface area contributed by atoms with Crippen molar-refractivity contribution in [3.05, 3.63) is 0 Å². The van der Waals surface area contributed by atoms with Gasteiger partial charge in [-0.25, -0.2) is 0 Å². The zero-order valence-corrected chi connectivity index (χ0v) is 9.89. The number of ether oxygens (including phenoxy) is 1. The van der Waals surface area contributed by atoms with Gasteiger partial charge in [0.05, 0.1) is 12.6 Å². The maximum Gasteiger partial charge on any atom is 0.317 e. The molecule has 2 aliphatic rings. The van der Waals surface area contributed by atoms with Crippen molar-refractivity contribution in [2.75, 3.05) is 13.7 Å². The highest BCUT2D eigenvalue weighted by Crippen LogP contribution is 2.33. The van der Waals surface area contributed by atoms with E-state index >= 15 is 0 Å². The lowest BCUT2D eigenvalue weighted by Gasteiger charge is -2.35. The lowest BCUT2D eigenvalue weighted by molar-refractivity contribution is -0.139. The maximum absolute atomic E-state index is 10.8. The third-order valence-electron chi connectivity index (χ3n) is 3.78. The highest BCUT2D eigenvalue weighted by molar-refractivity contribution is 5.69. The summed E-state index contributed by atoms with van der Waals surface area (Å²) >= 11 is 0. The molecule has 0 aromatic heterocycles. The topological polar surface area (TPSA) is 49.8 Å². The molecule has 16 heavy (non-hydrogen) atoms. The van der Waals surface area contributed by atoms with Gasteiger partial charge in [-0.05, 0) is 38.5 Å². The lowest BCUT2D eigenvalue weighted by Crippen LogP contribution is -2.43. The van der Waals surface area contributed by atoms with Crippen molar-refractivity contribution in [2.24, 2.45) is 0 Å². The first-order chi connectivity index (χ1) is 7.70. The molecule has 0 aliphatic heterocycles. The summed E-state index contributed by atoms with van der Waals surface area (Å²) in [5.41, 5.74) is 0. The van der Waals surface area contributed by atoms with E-state index in [-0.39, 0.29) is 6.54 Å². The molecule has 0 bridgehead atoms. The zero-order valence-electron chi connectivity index (χ0n) is 9.89. The van der Waals surface area contributed by atoms with Crippen LogP contribution in [0.3, 0.4) is 0 Å². The van der Waals surface area contributed by atoms with Crippen molar-refractivity contribution in [3.63, 3.8) is 0 Å². The van der Waals surface area contributed by atoms with E-state index in [9.17, 15) is 4.79 Å². The number of carboxylic acids is 1. The molecule has 2 fully saturated rings. The van der Waals surface area contributed by atoms with Crippen LogP contribution < -0.4 is 0 Å². The SMILES string of the molecule is COC1CCC(N(CC(=O)O)C2CC2)CC1. The Labute approximate surface area is 96.6 Å². The van der Waals surface area contributed by atoms with Gasteiger partial charge in [0.2, 0.25) is 0 Å². The third kappa shape index (κ3) is 2.95. The Balaban J connectivity index is 1.86. The molecule has 0 aromatic carbocycles. The molecule has 0 aromatic rings. The Morgan fingerprint density at radius 1 is 1.19 bits per heavy atom. The Morgan fingerprint density at radius 3 is 2.06 bits per heavy atom. The first-order valence-electron chi connectivity index (χ1n) is 6.21. The second kappa shape index (κ2) is 5.15. The van der Waals surface area contributed by atoms with Gasteiger partial charge in [0.1, 0.15) is 0 Å². The van der Waals surface area contributed by atoms with E-state index in [4.69, 9.17) is 9.84 Å². The van der Waals surface area contributed by atoms with E-state index < -0.39 is 5.97 Å². The Kier molecular flexibility index (Phi) is 3.82. The highest BCUT2D eigenvalue weighted by atomic mass is 16.5. The van der Waals surface area contributed by atoms with E-state index in [0.29, 0.717) is 18.2 Å². The predicted octanol–water partition coefficient (Wildman–Crippen LogP) is 1.49. The van der Waals surface area contributed by atoms with E-state index in [1.165, 1.54) is 12.8 Å². The van der Waals surface area contributed by atoms with Crippen LogP contribution in [0.15, 0.2) is 0 Å². The van der Waals surface area contributed by atoms with Crippen LogP contribution in [0.5, 0.6) is 0 Å². The Bertz CT molecular complexity index is 245. The Hall–Kier alpha value is -0.610. The average molecular weight is 227 g/mol. The molecule has 92 valence electrons. The van der Waals surface area contributed by atoms with Gasteiger partial charge in [0, 0.05) is 19.2 Å². The highest BCUT2D eigenvalue weighted by Gasteiger charge is 2.36.